The number of hydrogen-bond donors (Lipinski definition) is 1. The molecule has 0 aliphatic heterocycles. The lowest BCUT2D eigenvalue weighted by molar-refractivity contribution is -0.123. The molecule has 1 heterocycles. The lowest BCUT2D eigenvalue weighted by Crippen LogP contribution is -2.59. The molecule has 1 amide bonds. The predicted molar refractivity (Wildman–Crippen MR) is 128 cm³/mol. The first-order valence-corrected chi connectivity index (χ1v) is 12.5. The quantitative estimate of drug-likeness (QED) is 0.600. The lowest BCUT2D eigenvalue weighted by Gasteiger charge is -2.59. The predicted octanol–water partition coefficient (Wildman–Crippen LogP) is 5.35. The maximum Gasteiger partial charge on any atom is 0.341 e. The van der Waals surface area contributed by atoms with Crippen molar-refractivity contribution in [2.24, 2.45) is 17.8 Å². The Bertz CT molecular complexity index is 994. The van der Waals surface area contributed by atoms with Gasteiger partial charge in [0.15, 0.2) is 0 Å². The molecule has 5 nitrogen and oxygen atoms in total. The minimum absolute atomic E-state index is 0.0609. The van der Waals surface area contributed by atoms with Gasteiger partial charge in [0.25, 0.3) is 0 Å². The zero-order valence-electron chi connectivity index (χ0n) is 19.1. The Kier molecular flexibility index (Phi) is 5.62. The van der Waals surface area contributed by atoms with Gasteiger partial charge in [-0.3, -0.25) is 9.69 Å². The summed E-state index contributed by atoms with van der Waals surface area (Å²) in [6, 6.07) is 9.81. The van der Waals surface area contributed by atoms with Crippen LogP contribution in [0.4, 0.5) is 5.00 Å². The Balaban J connectivity index is 1.36. The summed E-state index contributed by atoms with van der Waals surface area (Å²) in [7, 11) is 3.50. The van der Waals surface area contributed by atoms with Crippen LogP contribution in [0.3, 0.4) is 0 Å². The molecule has 0 unspecified atom stereocenters. The second-order valence-electron chi connectivity index (χ2n) is 10.1. The van der Waals surface area contributed by atoms with E-state index < -0.39 is 5.97 Å². The van der Waals surface area contributed by atoms with Crippen LogP contribution in [0.5, 0.6) is 0 Å². The van der Waals surface area contributed by atoms with Gasteiger partial charge >= 0.3 is 5.97 Å². The first-order chi connectivity index (χ1) is 15.4. The number of hydrogen-bond acceptors (Lipinski definition) is 5. The van der Waals surface area contributed by atoms with Gasteiger partial charge in [0, 0.05) is 16.0 Å². The normalized spacial score (nSPS) is 28.2. The molecule has 4 aliphatic carbocycles. The number of likely N-dealkylation sites (N-methyl/N-ethyl adjacent to an activating group) is 1. The Morgan fingerprint density at radius 3 is 2.25 bits per heavy atom. The van der Waals surface area contributed by atoms with Gasteiger partial charge in [-0.2, -0.15) is 0 Å². The third kappa shape index (κ3) is 3.77. The SMILES string of the molecule is COC(=O)c1c(NC(=O)CN(C)C23CC4CC(CC(C4)C2)C3)sc(C)c1-c1ccccc1. The first kappa shape index (κ1) is 21.7. The maximum absolute atomic E-state index is 13.1. The molecule has 1 aromatic carbocycles. The molecular weight excluding hydrogens is 420 g/mol. The number of carbonyl (C=O) groups excluding carboxylic acids is 2. The highest BCUT2D eigenvalue weighted by molar-refractivity contribution is 7.17. The van der Waals surface area contributed by atoms with Crippen molar-refractivity contribution in [3.8, 4) is 11.1 Å². The van der Waals surface area contributed by atoms with E-state index in [1.165, 1.54) is 57.0 Å². The molecular formula is C26H32N2O3S. The molecule has 32 heavy (non-hydrogen) atoms. The van der Waals surface area contributed by atoms with E-state index >= 15 is 0 Å². The molecule has 4 fully saturated rings. The summed E-state index contributed by atoms with van der Waals surface area (Å²) in [6.45, 7) is 2.33. The molecule has 4 aliphatic rings. The number of anilines is 1. The maximum atomic E-state index is 13.1. The number of aryl methyl sites for hydroxylation is 1. The van der Waals surface area contributed by atoms with Gasteiger partial charge in [0.1, 0.15) is 10.6 Å². The average Bonchev–Trinajstić information content (AvgIpc) is 3.08. The van der Waals surface area contributed by atoms with Gasteiger partial charge in [0.2, 0.25) is 5.91 Å². The Morgan fingerprint density at radius 1 is 1.09 bits per heavy atom. The van der Waals surface area contributed by atoms with Crippen LogP contribution in [0.25, 0.3) is 11.1 Å². The second-order valence-corrected chi connectivity index (χ2v) is 11.4. The number of amides is 1. The van der Waals surface area contributed by atoms with E-state index in [0.29, 0.717) is 17.1 Å². The largest absolute Gasteiger partial charge is 0.465 e. The minimum Gasteiger partial charge on any atom is -0.465 e. The number of rotatable bonds is 6. The van der Waals surface area contributed by atoms with Gasteiger partial charge in [-0.15, -0.1) is 11.3 Å². The van der Waals surface area contributed by atoms with E-state index in [0.717, 1.165) is 33.8 Å². The van der Waals surface area contributed by atoms with Gasteiger partial charge in [-0.1, -0.05) is 30.3 Å². The van der Waals surface area contributed by atoms with E-state index in [1.54, 1.807) is 0 Å². The van der Waals surface area contributed by atoms with E-state index in [1.807, 2.05) is 37.3 Å². The molecule has 6 heteroatoms. The van der Waals surface area contributed by atoms with E-state index in [2.05, 4.69) is 17.3 Å². The van der Waals surface area contributed by atoms with Crippen molar-refractivity contribution in [3.05, 3.63) is 40.8 Å². The monoisotopic (exact) mass is 452 g/mol. The summed E-state index contributed by atoms with van der Waals surface area (Å²) in [5.74, 6) is 2.04. The number of methoxy groups -OCH3 is 1. The third-order valence-electron chi connectivity index (χ3n) is 7.99. The summed E-state index contributed by atoms with van der Waals surface area (Å²) >= 11 is 1.44. The topological polar surface area (TPSA) is 58.6 Å². The summed E-state index contributed by atoms with van der Waals surface area (Å²) in [5, 5.41) is 3.64. The Hall–Kier alpha value is -2.18. The zero-order valence-corrected chi connectivity index (χ0v) is 20.0. The van der Waals surface area contributed by atoms with Crippen LogP contribution in [0.2, 0.25) is 0 Å². The van der Waals surface area contributed by atoms with Crippen molar-refractivity contribution >= 4 is 28.2 Å². The van der Waals surface area contributed by atoms with Gasteiger partial charge in [-0.05, 0) is 75.8 Å². The number of nitrogens with one attached hydrogen (secondary N) is 1. The van der Waals surface area contributed by atoms with Gasteiger partial charge in [-0.25, -0.2) is 4.79 Å². The first-order valence-electron chi connectivity index (χ1n) is 11.7. The van der Waals surface area contributed by atoms with E-state index in [4.69, 9.17) is 4.74 Å². The van der Waals surface area contributed by atoms with Gasteiger partial charge in [0.05, 0.1) is 13.7 Å². The molecule has 0 saturated heterocycles. The van der Waals surface area contributed by atoms with Crippen LogP contribution < -0.4 is 5.32 Å². The number of benzene rings is 1. The number of carbonyl (C=O) groups is 2. The Morgan fingerprint density at radius 2 is 1.69 bits per heavy atom. The molecule has 1 aromatic heterocycles. The highest BCUT2D eigenvalue weighted by Gasteiger charge is 2.52. The molecule has 0 atom stereocenters. The van der Waals surface area contributed by atoms with E-state index in [-0.39, 0.29) is 11.4 Å². The molecule has 170 valence electrons. The summed E-state index contributed by atoms with van der Waals surface area (Å²) in [6.07, 6.45) is 7.85. The fourth-order valence-corrected chi connectivity index (χ4v) is 8.04. The fourth-order valence-electron chi connectivity index (χ4n) is 6.96. The Labute approximate surface area is 194 Å². The summed E-state index contributed by atoms with van der Waals surface area (Å²) in [5.41, 5.74) is 2.42. The van der Waals surface area contributed by atoms with Crippen LogP contribution in [0.15, 0.2) is 30.3 Å². The average molecular weight is 453 g/mol. The second kappa shape index (κ2) is 8.31. The van der Waals surface area contributed by atoms with Crippen molar-refractivity contribution in [2.75, 3.05) is 26.0 Å². The smallest absolute Gasteiger partial charge is 0.341 e. The minimum atomic E-state index is -0.419. The van der Waals surface area contributed by atoms with Crippen LogP contribution in [-0.2, 0) is 9.53 Å². The highest BCUT2D eigenvalue weighted by atomic mass is 32.1. The summed E-state index contributed by atoms with van der Waals surface area (Å²) in [4.78, 5) is 29.1. The van der Waals surface area contributed by atoms with Crippen molar-refractivity contribution < 1.29 is 14.3 Å². The molecule has 4 bridgehead atoms. The standard InChI is InChI=1S/C26H32N2O3S/c1-16-22(20-7-5-4-6-8-20)23(25(30)31-3)24(32-16)27-21(29)15-28(2)26-12-17-9-18(13-26)11-19(10-17)14-26/h4-8,17-19H,9-15H2,1-3H3,(H,27,29). The van der Waals surface area contributed by atoms with Crippen LogP contribution >= 0.6 is 11.3 Å². The van der Waals surface area contributed by atoms with Gasteiger partial charge < -0.3 is 10.1 Å². The molecule has 4 saturated carbocycles. The van der Waals surface area contributed by atoms with Crippen LogP contribution in [0.1, 0.15) is 53.8 Å². The van der Waals surface area contributed by atoms with Crippen molar-refractivity contribution in [2.45, 2.75) is 51.0 Å². The van der Waals surface area contributed by atoms with Crippen LogP contribution in [-0.4, -0.2) is 43.0 Å². The van der Waals surface area contributed by atoms with E-state index in [9.17, 15) is 9.59 Å². The van der Waals surface area contributed by atoms with Crippen molar-refractivity contribution in [1.29, 1.82) is 0 Å². The molecule has 0 spiro atoms. The molecule has 2 aromatic rings. The molecule has 1 N–H and O–H groups in total. The highest BCUT2D eigenvalue weighted by Crippen LogP contribution is 2.57. The molecule has 0 radical (unpaired) electrons. The number of thiophene rings is 1. The number of esters is 1. The van der Waals surface area contributed by atoms with Crippen LogP contribution in [0, 0.1) is 24.7 Å². The number of nitrogens with zero attached hydrogens (tertiary/aromatic N) is 1. The third-order valence-corrected chi connectivity index (χ3v) is 9.01. The summed E-state index contributed by atoms with van der Waals surface area (Å²) < 4.78 is 5.09. The number of ether oxygens (including phenoxy) is 1. The zero-order chi connectivity index (χ0) is 22.5. The van der Waals surface area contributed by atoms with Crippen molar-refractivity contribution in [3.63, 3.8) is 0 Å². The molecule has 6 rings (SSSR count). The fraction of sp³-hybridized carbons (Fsp3) is 0.538. The lowest BCUT2D eigenvalue weighted by atomic mass is 9.52. The van der Waals surface area contributed by atoms with Crippen molar-refractivity contribution in [1.82, 2.24) is 4.90 Å².